The van der Waals surface area contributed by atoms with Crippen LogP contribution < -0.4 is 10.6 Å². The van der Waals surface area contributed by atoms with Gasteiger partial charge in [-0.2, -0.15) is 0 Å². The Labute approximate surface area is 155 Å². The molecule has 1 atom stereocenters. The van der Waals surface area contributed by atoms with E-state index >= 15 is 0 Å². The van der Waals surface area contributed by atoms with Crippen molar-refractivity contribution in [3.63, 3.8) is 0 Å². The fourth-order valence-corrected chi connectivity index (χ4v) is 3.39. The zero-order chi connectivity index (χ0) is 18.4. The summed E-state index contributed by atoms with van der Waals surface area (Å²) >= 11 is 0. The van der Waals surface area contributed by atoms with Gasteiger partial charge in [-0.25, -0.2) is 0 Å². The van der Waals surface area contributed by atoms with E-state index in [9.17, 15) is 9.59 Å². The van der Waals surface area contributed by atoms with Gasteiger partial charge in [0.05, 0.1) is 5.56 Å². The lowest BCUT2D eigenvalue weighted by Gasteiger charge is -2.22. The highest BCUT2D eigenvalue weighted by atomic mass is 16.2. The zero-order valence-corrected chi connectivity index (χ0v) is 15.3. The van der Waals surface area contributed by atoms with Crippen molar-refractivity contribution in [2.75, 3.05) is 19.6 Å². The maximum atomic E-state index is 12.8. The molecule has 1 heterocycles. The summed E-state index contributed by atoms with van der Waals surface area (Å²) in [6.45, 7) is 4.74. The average molecular weight is 350 g/mol. The van der Waals surface area contributed by atoms with Crippen molar-refractivity contribution in [2.45, 2.75) is 26.2 Å². The minimum absolute atomic E-state index is 0.118. The molecule has 2 aromatic carbocycles. The summed E-state index contributed by atoms with van der Waals surface area (Å²) < 4.78 is 0. The molecule has 0 radical (unpaired) electrons. The van der Waals surface area contributed by atoms with Gasteiger partial charge >= 0.3 is 0 Å². The minimum atomic E-state index is -0.176. The predicted molar refractivity (Wildman–Crippen MR) is 104 cm³/mol. The Morgan fingerprint density at radius 1 is 1.08 bits per heavy atom. The molecule has 2 N–H and O–H groups in total. The molecule has 1 unspecified atom stereocenters. The van der Waals surface area contributed by atoms with Crippen LogP contribution in [-0.4, -0.2) is 31.3 Å². The lowest BCUT2D eigenvalue weighted by Crippen LogP contribution is -2.33. The Bertz CT molecular complexity index is 762. The van der Waals surface area contributed by atoms with E-state index in [1.54, 1.807) is 24.3 Å². The standard InChI is InChI=1S/C22H26N2O2/c1-16-8-10-18(11-9-16)21(25)19-6-2-3-7-20(19)22(26)24-14-12-17-5-4-13-23-15-17/h2-3,6-11,17,23H,4-5,12-15H2,1H3,(H,24,26). The van der Waals surface area contributed by atoms with Gasteiger partial charge in [0.25, 0.3) is 5.91 Å². The Morgan fingerprint density at radius 2 is 1.81 bits per heavy atom. The molecule has 0 spiro atoms. The van der Waals surface area contributed by atoms with E-state index in [0.29, 0.717) is 29.2 Å². The molecular weight excluding hydrogens is 324 g/mol. The monoisotopic (exact) mass is 350 g/mol. The topological polar surface area (TPSA) is 58.2 Å². The largest absolute Gasteiger partial charge is 0.352 e. The first-order valence-electron chi connectivity index (χ1n) is 9.34. The van der Waals surface area contributed by atoms with E-state index in [1.165, 1.54) is 12.8 Å². The van der Waals surface area contributed by atoms with E-state index in [0.717, 1.165) is 25.1 Å². The van der Waals surface area contributed by atoms with Gasteiger partial charge in [-0.1, -0.05) is 48.0 Å². The second kappa shape index (κ2) is 8.77. The molecule has 1 amide bonds. The third-order valence-electron chi connectivity index (χ3n) is 4.97. The molecule has 1 aliphatic rings. The average Bonchev–Trinajstić information content (AvgIpc) is 2.69. The molecule has 2 aromatic rings. The number of benzene rings is 2. The van der Waals surface area contributed by atoms with Crippen molar-refractivity contribution in [1.29, 1.82) is 0 Å². The summed E-state index contributed by atoms with van der Waals surface area (Å²) in [5.74, 6) is 0.325. The molecule has 26 heavy (non-hydrogen) atoms. The molecule has 1 saturated heterocycles. The van der Waals surface area contributed by atoms with Gasteiger partial charge in [0.1, 0.15) is 0 Å². The SMILES string of the molecule is Cc1ccc(C(=O)c2ccccc2C(=O)NCCC2CCCNC2)cc1. The number of hydrogen-bond acceptors (Lipinski definition) is 3. The molecule has 3 rings (SSSR count). The second-order valence-corrected chi connectivity index (χ2v) is 7.00. The van der Waals surface area contributed by atoms with Crippen LogP contribution >= 0.6 is 0 Å². The molecule has 0 bridgehead atoms. The number of nitrogens with one attached hydrogen (secondary N) is 2. The second-order valence-electron chi connectivity index (χ2n) is 7.00. The normalized spacial score (nSPS) is 16.9. The Balaban J connectivity index is 1.66. The highest BCUT2D eigenvalue weighted by molar-refractivity contribution is 6.15. The van der Waals surface area contributed by atoms with Gasteiger partial charge in [0, 0.05) is 17.7 Å². The van der Waals surface area contributed by atoms with Gasteiger partial charge in [0.15, 0.2) is 5.78 Å². The van der Waals surface area contributed by atoms with Gasteiger partial charge in [-0.05, 0) is 51.3 Å². The Kier molecular flexibility index (Phi) is 6.18. The van der Waals surface area contributed by atoms with Crippen molar-refractivity contribution in [3.8, 4) is 0 Å². The first-order chi connectivity index (χ1) is 12.6. The summed E-state index contributed by atoms with van der Waals surface area (Å²) in [6.07, 6.45) is 3.38. The quantitative estimate of drug-likeness (QED) is 0.786. The zero-order valence-electron chi connectivity index (χ0n) is 15.3. The van der Waals surface area contributed by atoms with Crippen LogP contribution in [0.3, 0.4) is 0 Å². The molecule has 0 saturated carbocycles. The molecule has 4 nitrogen and oxygen atoms in total. The molecule has 0 aliphatic carbocycles. The van der Waals surface area contributed by atoms with Gasteiger partial charge in [-0.3, -0.25) is 9.59 Å². The third-order valence-corrected chi connectivity index (χ3v) is 4.97. The molecule has 4 heteroatoms. The molecule has 136 valence electrons. The predicted octanol–water partition coefficient (Wildman–Crippen LogP) is 3.35. The highest BCUT2D eigenvalue weighted by Crippen LogP contribution is 2.16. The number of piperidine rings is 1. The van der Waals surface area contributed by atoms with E-state index < -0.39 is 0 Å². The summed E-state index contributed by atoms with van der Waals surface area (Å²) in [5.41, 5.74) is 2.60. The number of ketones is 1. The number of carbonyl (C=O) groups is 2. The smallest absolute Gasteiger partial charge is 0.252 e. The van der Waals surface area contributed by atoms with Gasteiger partial charge in [-0.15, -0.1) is 0 Å². The molecule has 0 aromatic heterocycles. The first kappa shape index (κ1) is 18.3. The van der Waals surface area contributed by atoms with E-state index in [-0.39, 0.29) is 11.7 Å². The van der Waals surface area contributed by atoms with Crippen LogP contribution in [0, 0.1) is 12.8 Å². The van der Waals surface area contributed by atoms with Crippen LogP contribution in [0.2, 0.25) is 0 Å². The maximum Gasteiger partial charge on any atom is 0.252 e. The summed E-state index contributed by atoms with van der Waals surface area (Å²) in [4.78, 5) is 25.4. The first-order valence-corrected chi connectivity index (χ1v) is 9.34. The van der Waals surface area contributed by atoms with E-state index in [1.807, 2.05) is 31.2 Å². The van der Waals surface area contributed by atoms with Crippen LogP contribution in [0.1, 0.15) is 51.1 Å². The van der Waals surface area contributed by atoms with E-state index in [2.05, 4.69) is 10.6 Å². The van der Waals surface area contributed by atoms with Gasteiger partial charge in [0.2, 0.25) is 0 Å². The fourth-order valence-electron chi connectivity index (χ4n) is 3.39. The number of hydrogen-bond donors (Lipinski definition) is 2. The Morgan fingerprint density at radius 3 is 2.50 bits per heavy atom. The van der Waals surface area contributed by atoms with E-state index in [4.69, 9.17) is 0 Å². The number of carbonyl (C=O) groups excluding carboxylic acids is 2. The fraction of sp³-hybridized carbons (Fsp3) is 0.364. The summed E-state index contributed by atoms with van der Waals surface area (Å²) in [5, 5.41) is 6.38. The van der Waals surface area contributed by atoms with Crippen LogP contribution in [0.15, 0.2) is 48.5 Å². The maximum absolute atomic E-state index is 12.8. The van der Waals surface area contributed by atoms with Crippen molar-refractivity contribution in [3.05, 3.63) is 70.8 Å². The molecule has 1 fully saturated rings. The lowest BCUT2D eigenvalue weighted by atomic mass is 9.95. The lowest BCUT2D eigenvalue weighted by molar-refractivity contribution is 0.0939. The number of aryl methyl sites for hydroxylation is 1. The van der Waals surface area contributed by atoms with Crippen molar-refractivity contribution in [1.82, 2.24) is 10.6 Å². The third kappa shape index (κ3) is 4.58. The molecule has 1 aliphatic heterocycles. The van der Waals surface area contributed by atoms with Crippen molar-refractivity contribution in [2.24, 2.45) is 5.92 Å². The van der Waals surface area contributed by atoms with Crippen LogP contribution in [0.25, 0.3) is 0 Å². The summed E-state index contributed by atoms with van der Waals surface area (Å²) in [6, 6.07) is 14.5. The van der Waals surface area contributed by atoms with Crippen LogP contribution in [-0.2, 0) is 0 Å². The van der Waals surface area contributed by atoms with Crippen LogP contribution in [0.4, 0.5) is 0 Å². The van der Waals surface area contributed by atoms with Gasteiger partial charge < -0.3 is 10.6 Å². The summed E-state index contributed by atoms with van der Waals surface area (Å²) in [7, 11) is 0. The minimum Gasteiger partial charge on any atom is -0.352 e. The molecular formula is C22H26N2O2. The number of amides is 1. The Hall–Kier alpha value is -2.46. The highest BCUT2D eigenvalue weighted by Gasteiger charge is 2.18. The van der Waals surface area contributed by atoms with Crippen molar-refractivity contribution >= 4 is 11.7 Å². The van der Waals surface area contributed by atoms with Crippen molar-refractivity contribution < 1.29 is 9.59 Å². The number of rotatable bonds is 6. The van der Waals surface area contributed by atoms with Crippen LogP contribution in [0.5, 0.6) is 0 Å².